The molecular formula is C52H44N2OS. The fourth-order valence-electron chi connectivity index (χ4n) is 10.6. The molecule has 6 aromatic rings. The van der Waals surface area contributed by atoms with E-state index in [2.05, 4.69) is 155 Å². The molecule has 56 heavy (non-hydrogen) atoms. The number of furan rings is 1. The topological polar surface area (TPSA) is 19.6 Å². The van der Waals surface area contributed by atoms with Crippen LogP contribution in [0.15, 0.2) is 138 Å². The summed E-state index contributed by atoms with van der Waals surface area (Å²) in [4.78, 5) is 6.73. The zero-order valence-corrected chi connectivity index (χ0v) is 32.4. The van der Waals surface area contributed by atoms with Gasteiger partial charge in [0.25, 0.3) is 0 Å². The van der Waals surface area contributed by atoms with Gasteiger partial charge in [0.2, 0.25) is 0 Å². The summed E-state index contributed by atoms with van der Waals surface area (Å²) in [7, 11) is 0. The van der Waals surface area contributed by atoms with Crippen molar-refractivity contribution >= 4 is 67.2 Å². The molecule has 3 heterocycles. The van der Waals surface area contributed by atoms with Crippen molar-refractivity contribution in [2.75, 3.05) is 9.80 Å². The third-order valence-corrected chi connectivity index (χ3v) is 14.5. The number of hydrogen-bond donors (Lipinski definition) is 0. The highest BCUT2D eigenvalue weighted by Crippen LogP contribution is 2.50. The number of allylic oxidation sites excluding steroid dienone is 5. The Bertz CT molecular complexity index is 2750. The lowest BCUT2D eigenvalue weighted by atomic mass is 9.85. The van der Waals surface area contributed by atoms with Gasteiger partial charge in [-0.15, -0.1) is 11.3 Å². The summed E-state index contributed by atoms with van der Waals surface area (Å²) >= 11 is 1.95. The third kappa shape index (κ3) is 5.15. The predicted octanol–water partition coefficient (Wildman–Crippen LogP) is 13.1. The van der Waals surface area contributed by atoms with E-state index in [9.17, 15) is 0 Å². The summed E-state index contributed by atoms with van der Waals surface area (Å²) in [5, 5.41) is 2.65. The van der Waals surface area contributed by atoms with E-state index in [4.69, 9.17) is 4.42 Å². The largest absolute Gasteiger partial charge is 0.459 e. The molecule has 4 unspecified atom stereocenters. The van der Waals surface area contributed by atoms with Gasteiger partial charge in [-0.25, -0.2) is 0 Å². The van der Waals surface area contributed by atoms with Gasteiger partial charge in [-0.2, -0.15) is 0 Å². The van der Waals surface area contributed by atoms with Crippen molar-refractivity contribution < 1.29 is 4.42 Å². The Hall–Kier alpha value is -5.58. The Labute approximate surface area is 333 Å². The molecule has 0 fully saturated rings. The summed E-state index contributed by atoms with van der Waals surface area (Å²) in [6.45, 7) is 0. The number of benzene rings is 4. The maximum absolute atomic E-state index is 6.81. The first-order valence-electron chi connectivity index (χ1n) is 20.7. The standard InChI is InChI=1S/C52H44N2OS/c1-2-13-37(14-3-1)54-47-31-36(23-27-40(47)45-29-34-11-4-5-12-35(34)30-48(45)54)33-21-24-38(25-22-33)53(39-26-28-43-42-16-7-9-20-50(42)56-51(43)32-39)46-18-10-17-44-41-15-6-8-19-49(41)55-52(44)46/h1-3,5,7,9-10,12-13,16-18,20-31,37,39-40,47H,4,6,8,11,14-15,19,32H2. The van der Waals surface area contributed by atoms with Crippen LogP contribution in [0.5, 0.6) is 0 Å². The highest BCUT2D eigenvalue weighted by Gasteiger charge is 2.41. The number of anilines is 3. The number of hydrogen-bond acceptors (Lipinski definition) is 4. The minimum atomic E-state index is 0.160. The van der Waals surface area contributed by atoms with E-state index < -0.39 is 0 Å². The average Bonchev–Trinajstić information content (AvgIpc) is 3.93. The number of nitrogens with zero attached hydrogens (tertiary/aromatic N) is 2. The molecule has 1 aliphatic heterocycles. The van der Waals surface area contributed by atoms with Crippen molar-refractivity contribution in [1.29, 1.82) is 0 Å². The minimum absolute atomic E-state index is 0.160. The molecule has 0 N–H and O–H groups in total. The van der Waals surface area contributed by atoms with Gasteiger partial charge < -0.3 is 14.2 Å². The van der Waals surface area contributed by atoms with E-state index in [0.29, 0.717) is 12.0 Å². The van der Waals surface area contributed by atoms with Gasteiger partial charge in [0.05, 0.1) is 23.8 Å². The molecular weight excluding hydrogens is 701 g/mol. The van der Waals surface area contributed by atoms with Crippen LogP contribution >= 0.6 is 11.3 Å². The maximum atomic E-state index is 6.81. The molecule has 4 aromatic carbocycles. The average molecular weight is 745 g/mol. The molecule has 0 amide bonds. The van der Waals surface area contributed by atoms with Crippen LogP contribution in [0.25, 0.3) is 38.8 Å². The molecule has 0 saturated heterocycles. The molecule has 12 rings (SSSR count). The van der Waals surface area contributed by atoms with Crippen LogP contribution in [-0.2, 0) is 25.7 Å². The second-order valence-electron chi connectivity index (χ2n) is 16.4. The van der Waals surface area contributed by atoms with Gasteiger partial charge in [0.15, 0.2) is 5.58 Å². The quantitative estimate of drug-likeness (QED) is 0.175. The lowest BCUT2D eigenvalue weighted by Gasteiger charge is -2.36. The first kappa shape index (κ1) is 32.6. The van der Waals surface area contributed by atoms with Gasteiger partial charge in [0.1, 0.15) is 5.76 Å². The molecule has 0 spiro atoms. The Morgan fingerprint density at radius 3 is 2.62 bits per heavy atom. The van der Waals surface area contributed by atoms with Gasteiger partial charge >= 0.3 is 0 Å². The number of thiophene rings is 1. The first-order valence-corrected chi connectivity index (χ1v) is 21.5. The highest BCUT2D eigenvalue weighted by atomic mass is 32.1. The fraction of sp³-hybridized carbons (Fsp3) is 0.231. The molecule has 4 atom stereocenters. The molecule has 0 bridgehead atoms. The zero-order valence-electron chi connectivity index (χ0n) is 31.5. The maximum Gasteiger partial charge on any atom is 0.158 e. The van der Waals surface area contributed by atoms with Crippen molar-refractivity contribution in [3.63, 3.8) is 0 Å². The van der Waals surface area contributed by atoms with Crippen molar-refractivity contribution in [2.45, 2.75) is 75.4 Å². The Balaban J connectivity index is 0.928. The van der Waals surface area contributed by atoms with E-state index in [1.807, 2.05) is 11.3 Å². The Morgan fingerprint density at radius 2 is 1.70 bits per heavy atom. The minimum Gasteiger partial charge on any atom is -0.459 e. The predicted molar refractivity (Wildman–Crippen MR) is 236 cm³/mol. The number of rotatable bonds is 5. The summed E-state index contributed by atoms with van der Waals surface area (Å²) in [5.74, 6) is 1.55. The summed E-state index contributed by atoms with van der Waals surface area (Å²) in [5.41, 5.74) is 14.5. The Morgan fingerprint density at radius 1 is 0.786 bits per heavy atom. The summed E-state index contributed by atoms with van der Waals surface area (Å²) < 4.78 is 8.18. The van der Waals surface area contributed by atoms with Gasteiger partial charge in [0, 0.05) is 50.7 Å². The van der Waals surface area contributed by atoms with Crippen molar-refractivity contribution in [3.05, 3.63) is 178 Å². The van der Waals surface area contributed by atoms with E-state index >= 15 is 0 Å². The molecule has 0 radical (unpaired) electrons. The molecule has 6 aliphatic rings. The third-order valence-electron chi connectivity index (χ3n) is 13.3. The Kier molecular flexibility index (Phi) is 7.58. The van der Waals surface area contributed by atoms with Crippen molar-refractivity contribution in [2.24, 2.45) is 0 Å². The lowest BCUT2D eigenvalue weighted by Crippen LogP contribution is -2.41. The van der Waals surface area contributed by atoms with Crippen LogP contribution in [0.4, 0.5) is 17.1 Å². The molecule has 274 valence electrons. The zero-order chi connectivity index (χ0) is 36.7. The normalized spacial score (nSPS) is 22.9. The fourth-order valence-corrected chi connectivity index (χ4v) is 11.8. The van der Waals surface area contributed by atoms with Gasteiger partial charge in [-0.05, 0) is 108 Å². The van der Waals surface area contributed by atoms with Crippen LogP contribution in [0.3, 0.4) is 0 Å². The molecule has 4 heteroatoms. The van der Waals surface area contributed by atoms with E-state index in [0.717, 1.165) is 49.8 Å². The van der Waals surface area contributed by atoms with Gasteiger partial charge in [-0.1, -0.05) is 115 Å². The van der Waals surface area contributed by atoms with Crippen LogP contribution in [0.2, 0.25) is 0 Å². The first-order chi connectivity index (χ1) is 27.7. The van der Waals surface area contributed by atoms with E-state index in [1.165, 1.54) is 89.3 Å². The monoisotopic (exact) mass is 744 g/mol. The molecule has 5 aliphatic carbocycles. The van der Waals surface area contributed by atoms with Crippen molar-refractivity contribution in [3.8, 4) is 0 Å². The van der Waals surface area contributed by atoms with Crippen LogP contribution in [0.1, 0.15) is 75.6 Å². The molecule has 2 aromatic heterocycles. The van der Waals surface area contributed by atoms with Crippen LogP contribution in [0, 0.1) is 0 Å². The van der Waals surface area contributed by atoms with Gasteiger partial charge in [-0.3, -0.25) is 0 Å². The van der Waals surface area contributed by atoms with Crippen molar-refractivity contribution in [1.82, 2.24) is 0 Å². The molecule has 3 nitrogen and oxygen atoms in total. The summed E-state index contributed by atoms with van der Waals surface area (Å²) in [6.07, 6.45) is 34.9. The second kappa shape index (κ2) is 13.0. The number of para-hydroxylation sites is 1. The van der Waals surface area contributed by atoms with E-state index in [1.54, 1.807) is 0 Å². The molecule has 0 saturated carbocycles. The number of fused-ring (bicyclic) bond motifs is 10. The van der Waals surface area contributed by atoms with Crippen LogP contribution in [-0.4, -0.2) is 18.1 Å². The van der Waals surface area contributed by atoms with Crippen LogP contribution < -0.4 is 9.80 Å². The lowest BCUT2D eigenvalue weighted by molar-refractivity contribution is 0.505. The van der Waals surface area contributed by atoms with E-state index in [-0.39, 0.29) is 12.1 Å². The summed E-state index contributed by atoms with van der Waals surface area (Å²) in [6, 6.07) is 30.8. The SMILES string of the molecule is C1=CCC(N2c3cc4c(cc3C3C=CC(c5ccc(N(c6cccc7c8c(oc67)CCCC8)C6C=Cc7c(sc8ccccc78)C6)cc5)=CC32)CCC=C4)C=C1. The highest BCUT2D eigenvalue weighted by molar-refractivity contribution is 7.19. The number of aryl methyl sites for hydroxylation is 3. The second-order valence-corrected chi connectivity index (χ2v) is 17.6. The smallest absolute Gasteiger partial charge is 0.158 e.